The minimum atomic E-state index is -3.57. The van der Waals surface area contributed by atoms with E-state index in [4.69, 9.17) is 11.6 Å². The number of hydrogen-bond donors (Lipinski definition) is 1. The highest BCUT2D eigenvalue weighted by Crippen LogP contribution is 2.24. The fourth-order valence-electron chi connectivity index (χ4n) is 2.61. The van der Waals surface area contributed by atoms with Gasteiger partial charge in [-0.2, -0.15) is 9.40 Å². The molecule has 0 aliphatic carbocycles. The van der Waals surface area contributed by atoms with Crippen molar-refractivity contribution in [1.29, 1.82) is 0 Å². The molecule has 0 aromatic carbocycles. The van der Waals surface area contributed by atoms with Crippen LogP contribution in [0.3, 0.4) is 0 Å². The lowest BCUT2D eigenvalue weighted by molar-refractivity contribution is 0.270. The summed E-state index contributed by atoms with van der Waals surface area (Å²) in [7, 11) is -1.54. The van der Waals surface area contributed by atoms with Gasteiger partial charge in [-0.15, -0.1) is 11.6 Å². The van der Waals surface area contributed by atoms with Crippen molar-refractivity contribution in [3.63, 3.8) is 0 Å². The third kappa shape index (κ3) is 3.00. The standard InChI is InChI=1S/C12H21ClN4O2S/c1-3-11-9-16(2)5-4-6-17(11)20(18,19)12-10(7-13)8-14-15-12/h8,11H,3-7,9H2,1-2H3,(H,14,15). The fraction of sp³-hybridized carbons (Fsp3) is 0.750. The number of aromatic nitrogens is 2. The maximum atomic E-state index is 12.8. The second-order valence-corrected chi connectivity index (χ2v) is 7.25. The maximum Gasteiger partial charge on any atom is 0.260 e. The Labute approximate surface area is 125 Å². The van der Waals surface area contributed by atoms with Crippen LogP contribution in [0.15, 0.2) is 11.2 Å². The minimum Gasteiger partial charge on any atom is -0.305 e. The summed E-state index contributed by atoms with van der Waals surface area (Å²) in [4.78, 5) is 2.18. The van der Waals surface area contributed by atoms with Gasteiger partial charge in [-0.25, -0.2) is 8.42 Å². The minimum absolute atomic E-state index is 0.0148. The van der Waals surface area contributed by atoms with Crippen LogP contribution in [-0.4, -0.2) is 60.5 Å². The molecule has 0 spiro atoms. The Morgan fingerprint density at radius 2 is 2.25 bits per heavy atom. The molecular weight excluding hydrogens is 300 g/mol. The average Bonchev–Trinajstić information content (AvgIpc) is 2.82. The summed E-state index contributed by atoms with van der Waals surface area (Å²) in [6.45, 7) is 4.21. The number of H-pyrrole nitrogens is 1. The van der Waals surface area contributed by atoms with Crippen LogP contribution in [0.4, 0.5) is 0 Å². The van der Waals surface area contributed by atoms with E-state index in [1.165, 1.54) is 6.20 Å². The molecule has 2 rings (SSSR count). The average molecular weight is 321 g/mol. The van der Waals surface area contributed by atoms with E-state index in [0.717, 1.165) is 25.9 Å². The molecule has 1 saturated heterocycles. The van der Waals surface area contributed by atoms with Crippen LogP contribution in [0.5, 0.6) is 0 Å². The Hall–Kier alpha value is -0.630. The first-order valence-corrected chi connectivity index (χ1v) is 8.76. The van der Waals surface area contributed by atoms with Gasteiger partial charge in [0.05, 0.1) is 12.1 Å². The molecule has 1 aliphatic rings. The molecule has 114 valence electrons. The quantitative estimate of drug-likeness (QED) is 0.848. The van der Waals surface area contributed by atoms with E-state index in [1.54, 1.807) is 4.31 Å². The molecule has 0 radical (unpaired) electrons. The summed E-state index contributed by atoms with van der Waals surface area (Å²) in [6.07, 6.45) is 3.09. The SMILES string of the molecule is CCC1CN(C)CCCN1S(=O)(=O)c1[nH]ncc1CCl. The molecule has 1 N–H and O–H groups in total. The topological polar surface area (TPSA) is 69.3 Å². The molecule has 1 fully saturated rings. The van der Waals surface area contributed by atoms with Gasteiger partial charge in [0.15, 0.2) is 5.03 Å². The number of nitrogens with zero attached hydrogens (tertiary/aromatic N) is 3. The van der Waals surface area contributed by atoms with Gasteiger partial charge in [0.25, 0.3) is 10.0 Å². The molecule has 1 unspecified atom stereocenters. The molecule has 6 nitrogen and oxygen atoms in total. The lowest BCUT2D eigenvalue weighted by Crippen LogP contribution is -2.43. The van der Waals surface area contributed by atoms with Gasteiger partial charge in [-0.3, -0.25) is 5.10 Å². The third-order valence-corrected chi connectivity index (χ3v) is 5.96. The van der Waals surface area contributed by atoms with E-state index < -0.39 is 10.0 Å². The van der Waals surface area contributed by atoms with E-state index in [1.807, 2.05) is 14.0 Å². The number of alkyl halides is 1. The maximum absolute atomic E-state index is 12.8. The first kappa shape index (κ1) is 15.8. The number of rotatable bonds is 4. The van der Waals surface area contributed by atoms with Gasteiger partial charge >= 0.3 is 0 Å². The molecule has 1 aromatic heterocycles. The van der Waals surface area contributed by atoms with E-state index in [9.17, 15) is 8.42 Å². The van der Waals surface area contributed by atoms with Crippen molar-refractivity contribution in [3.05, 3.63) is 11.8 Å². The molecule has 1 aromatic rings. The van der Waals surface area contributed by atoms with Crippen molar-refractivity contribution in [1.82, 2.24) is 19.4 Å². The van der Waals surface area contributed by atoms with Gasteiger partial charge in [-0.1, -0.05) is 6.92 Å². The van der Waals surface area contributed by atoms with Crippen molar-refractivity contribution in [2.24, 2.45) is 0 Å². The highest BCUT2D eigenvalue weighted by molar-refractivity contribution is 7.89. The molecule has 20 heavy (non-hydrogen) atoms. The highest BCUT2D eigenvalue weighted by Gasteiger charge is 2.35. The Balaban J connectivity index is 2.36. The fourth-order valence-corrected chi connectivity index (χ4v) is 4.72. The van der Waals surface area contributed by atoms with Crippen molar-refractivity contribution < 1.29 is 8.42 Å². The monoisotopic (exact) mass is 320 g/mol. The van der Waals surface area contributed by atoms with E-state index in [2.05, 4.69) is 15.1 Å². The number of halogens is 1. The van der Waals surface area contributed by atoms with Crippen LogP contribution >= 0.6 is 11.6 Å². The lowest BCUT2D eigenvalue weighted by Gasteiger charge is -2.29. The van der Waals surface area contributed by atoms with Crippen LogP contribution in [0, 0.1) is 0 Å². The van der Waals surface area contributed by atoms with Crippen LogP contribution < -0.4 is 0 Å². The normalized spacial score (nSPS) is 22.9. The van der Waals surface area contributed by atoms with Crippen molar-refractivity contribution in [2.45, 2.75) is 36.7 Å². The van der Waals surface area contributed by atoms with Crippen LogP contribution in [0.25, 0.3) is 0 Å². The number of aromatic amines is 1. The van der Waals surface area contributed by atoms with Crippen molar-refractivity contribution in [2.75, 3.05) is 26.7 Å². The first-order chi connectivity index (χ1) is 9.50. The summed E-state index contributed by atoms with van der Waals surface area (Å²) >= 11 is 5.79. The third-order valence-electron chi connectivity index (χ3n) is 3.71. The zero-order chi connectivity index (χ0) is 14.8. The Bertz CT molecular complexity index is 545. The van der Waals surface area contributed by atoms with Crippen LogP contribution in [0.2, 0.25) is 0 Å². The predicted octanol–water partition coefficient (Wildman–Crippen LogP) is 1.25. The van der Waals surface area contributed by atoms with Crippen LogP contribution in [0.1, 0.15) is 25.3 Å². The number of likely N-dealkylation sites (N-methyl/N-ethyl adjacent to an activating group) is 1. The highest BCUT2D eigenvalue weighted by atomic mass is 35.5. The number of sulfonamides is 1. The Kier molecular flexibility index (Phi) is 5.06. The number of hydrogen-bond acceptors (Lipinski definition) is 4. The lowest BCUT2D eigenvalue weighted by atomic mass is 10.2. The zero-order valence-electron chi connectivity index (χ0n) is 11.8. The van der Waals surface area contributed by atoms with E-state index in [0.29, 0.717) is 12.1 Å². The van der Waals surface area contributed by atoms with Gasteiger partial charge in [0.1, 0.15) is 0 Å². The largest absolute Gasteiger partial charge is 0.305 e. The molecule has 2 heterocycles. The van der Waals surface area contributed by atoms with Gasteiger partial charge in [-0.05, 0) is 26.4 Å². The van der Waals surface area contributed by atoms with Crippen molar-refractivity contribution in [3.8, 4) is 0 Å². The summed E-state index contributed by atoms with van der Waals surface area (Å²) in [5, 5.41) is 6.55. The molecule has 0 bridgehead atoms. The van der Waals surface area contributed by atoms with E-state index >= 15 is 0 Å². The zero-order valence-corrected chi connectivity index (χ0v) is 13.4. The Morgan fingerprint density at radius 3 is 2.90 bits per heavy atom. The molecular formula is C12H21ClN4O2S. The molecule has 8 heteroatoms. The summed E-state index contributed by atoms with van der Waals surface area (Å²) in [6, 6.07) is -0.0148. The summed E-state index contributed by atoms with van der Waals surface area (Å²) in [5.41, 5.74) is 0.527. The molecule has 0 amide bonds. The van der Waals surface area contributed by atoms with Gasteiger partial charge in [0, 0.05) is 24.7 Å². The van der Waals surface area contributed by atoms with Gasteiger partial charge < -0.3 is 4.90 Å². The second-order valence-electron chi connectivity index (χ2n) is 5.15. The summed E-state index contributed by atoms with van der Waals surface area (Å²) < 4.78 is 27.3. The second kappa shape index (κ2) is 6.43. The summed E-state index contributed by atoms with van der Waals surface area (Å²) in [5.74, 6) is 0.135. The molecule has 1 aliphatic heterocycles. The Morgan fingerprint density at radius 1 is 1.50 bits per heavy atom. The van der Waals surface area contributed by atoms with Crippen LogP contribution in [-0.2, 0) is 15.9 Å². The van der Waals surface area contributed by atoms with Gasteiger partial charge in [0.2, 0.25) is 0 Å². The van der Waals surface area contributed by atoms with Crippen molar-refractivity contribution >= 4 is 21.6 Å². The first-order valence-electron chi connectivity index (χ1n) is 6.79. The molecule has 1 atom stereocenters. The van der Waals surface area contributed by atoms with E-state index in [-0.39, 0.29) is 16.9 Å². The smallest absolute Gasteiger partial charge is 0.260 e. The molecule has 0 saturated carbocycles. The predicted molar refractivity (Wildman–Crippen MR) is 78.2 cm³/mol. The number of nitrogens with one attached hydrogen (secondary N) is 1.